The van der Waals surface area contributed by atoms with E-state index in [1.165, 1.54) is 25.7 Å². The molecular weight excluding hydrogens is 379 g/mol. The van der Waals surface area contributed by atoms with Gasteiger partial charge < -0.3 is 22.9 Å². The molecule has 0 fully saturated rings. The van der Waals surface area contributed by atoms with E-state index in [1.807, 2.05) is 0 Å². The summed E-state index contributed by atoms with van der Waals surface area (Å²) < 4.78 is 0. The van der Waals surface area contributed by atoms with Gasteiger partial charge in [0.1, 0.15) is 0 Å². The molecule has 154 valence electrons. The van der Waals surface area contributed by atoms with Crippen LogP contribution in [-0.4, -0.2) is 36.9 Å². The summed E-state index contributed by atoms with van der Waals surface area (Å²) in [6.45, 7) is 1.31. The van der Waals surface area contributed by atoms with Crippen LogP contribution in [0.1, 0.15) is 51.4 Å². The lowest BCUT2D eigenvalue weighted by molar-refractivity contribution is 0.572. The molecule has 0 bridgehead atoms. The summed E-state index contributed by atoms with van der Waals surface area (Å²) in [7, 11) is 0. The Morgan fingerprint density at radius 1 is 0.577 bits per heavy atom. The van der Waals surface area contributed by atoms with E-state index in [1.54, 1.807) is 0 Å². The van der Waals surface area contributed by atoms with Gasteiger partial charge in [-0.25, -0.2) is 0 Å². The maximum absolute atomic E-state index is 7.00. The zero-order valence-corrected chi connectivity index (χ0v) is 16.7. The Morgan fingerprint density at radius 2 is 0.846 bits per heavy atom. The smallest absolute Gasteiger partial charge is 0.195 e. The third kappa shape index (κ3) is 22.1. The average Bonchev–Trinajstić information content (AvgIpc) is 2.46. The Labute approximate surface area is 167 Å². The highest BCUT2D eigenvalue weighted by Crippen LogP contribution is 2.08. The minimum atomic E-state index is -0.195. The van der Waals surface area contributed by atoms with Crippen molar-refractivity contribution in [2.24, 2.45) is 32.9 Å². The lowest BCUT2D eigenvalue weighted by Crippen LogP contribution is -2.40. The first-order valence-electron chi connectivity index (χ1n) is 8.23. The fourth-order valence-electron chi connectivity index (χ4n) is 2.04. The van der Waals surface area contributed by atoms with Crippen molar-refractivity contribution >= 4 is 48.7 Å². The van der Waals surface area contributed by atoms with Crippen LogP contribution in [0.15, 0.2) is 9.98 Å². The normalized spacial score (nSPS) is 11.1. The molecule has 0 spiro atoms. The molecular formula is C14H34Cl2N10. The van der Waals surface area contributed by atoms with Crippen molar-refractivity contribution in [2.75, 3.05) is 13.1 Å². The third-order valence-electron chi connectivity index (χ3n) is 3.16. The van der Waals surface area contributed by atoms with Crippen molar-refractivity contribution in [2.45, 2.75) is 51.4 Å². The van der Waals surface area contributed by atoms with Gasteiger partial charge in [-0.15, -0.1) is 24.8 Å². The summed E-state index contributed by atoms with van der Waals surface area (Å²) in [6, 6.07) is 0. The van der Waals surface area contributed by atoms with E-state index >= 15 is 0 Å². The highest BCUT2D eigenvalue weighted by molar-refractivity contribution is 5.96. The molecule has 0 aliphatic rings. The lowest BCUT2D eigenvalue weighted by atomic mass is 10.1. The summed E-state index contributed by atoms with van der Waals surface area (Å²) in [4.78, 5) is 8.16. The van der Waals surface area contributed by atoms with Gasteiger partial charge in [-0.3, -0.25) is 31.4 Å². The van der Waals surface area contributed by atoms with Gasteiger partial charge >= 0.3 is 0 Å². The Balaban J connectivity index is -0.00000264. The fourth-order valence-corrected chi connectivity index (χ4v) is 2.04. The molecule has 0 aromatic heterocycles. The van der Waals surface area contributed by atoms with Crippen LogP contribution in [0.3, 0.4) is 0 Å². The fraction of sp³-hybridized carbons (Fsp3) is 0.714. The molecule has 0 aromatic rings. The van der Waals surface area contributed by atoms with Crippen LogP contribution >= 0.6 is 24.8 Å². The average molecular weight is 413 g/mol. The van der Waals surface area contributed by atoms with Crippen molar-refractivity contribution in [3.05, 3.63) is 0 Å². The minimum absolute atomic E-state index is 0. The van der Waals surface area contributed by atoms with Crippen LogP contribution < -0.4 is 33.6 Å². The third-order valence-corrected chi connectivity index (χ3v) is 3.16. The SMILES string of the molecule is Cl.Cl.N=C(N)NC(N)=NCCCCCCCCCCN=C(N)NC(=N)N. The maximum atomic E-state index is 7.00. The van der Waals surface area contributed by atoms with E-state index in [4.69, 9.17) is 33.8 Å². The topological polar surface area (TPSA) is 201 Å². The molecule has 0 radical (unpaired) electrons. The highest BCUT2D eigenvalue weighted by atomic mass is 35.5. The van der Waals surface area contributed by atoms with E-state index in [2.05, 4.69) is 20.6 Å². The standard InChI is InChI=1S/C14H32N10.2ClH/c15-11(16)23-13(19)21-9-7-5-3-1-2-4-6-8-10-22-14(20)24-12(17)18;;/h1-10H2,(H6,15,16,19,21,23)(H6,17,18,20,22,24);2*1H. The Morgan fingerprint density at radius 3 is 1.12 bits per heavy atom. The van der Waals surface area contributed by atoms with Crippen molar-refractivity contribution in [1.29, 1.82) is 10.8 Å². The van der Waals surface area contributed by atoms with Crippen molar-refractivity contribution in [3.8, 4) is 0 Å². The summed E-state index contributed by atoms with van der Waals surface area (Å²) >= 11 is 0. The predicted molar refractivity (Wildman–Crippen MR) is 115 cm³/mol. The highest BCUT2D eigenvalue weighted by Gasteiger charge is 1.95. The van der Waals surface area contributed by atoms with E-state index < -0.39 is 0 Å². The molecule has 0 rings (SSSR count). The van der Waals surface area contributed by atoms with E-state index in [9.17, 15) is 0 Å². The van der Waals surface area contributed by atoms with Gasteiger partial charge in [0, 0.05) is 13.1 Å². The van der Waals surface area contributed by atoms with E-state index in [0.29, 0.717) is 13.1 Å². The van der Waals surface area contributed by atoms with Gasteiger partial charge in [0.25, 0.3) is 0 Å². The second kappa shape index (κ2) is 19.4. The predicted octanol–water partition coefficient (Wildman–Crippen LogP) is 0.546. The van der Waals surface area contributed by atoms with Gasteiger partial charge in [-0.1, -0.05) is 38.5 Å². The van der Waals surface area contributed by atoms with Crippen molar-refractivity contribution in [3.63, 3.8) is 0 Å². The molecule has 0 aliphatic carbocycles. The summed E-state index contributed by atoms with van der Waals surface area (Å²) in [6.07, 6.45) is 8.99. The van der Waals surface area contributed by atoms with Crippen molar-refractivity contribution < 1.29 is 0 Å². The first kappa shape index (κ1) is 28.8. The molecule has 10 nitrogen and oxygen atoms in total. The Bertz CT molecular complexity index is 399. The number of nitrogens with one attached hydrogen (secondary N) is 4. The van der Waals surface area contributed by atoms with Gasteiger partial charge in [-0.05, 0) is 12.8 Å². The second-order valence-electron chi connectivity index (χ2n) is 5.44. The van der Waals surface area contributed by atoms with Crippen molar-refractivity contribution in [1.82, 2.24) is 10.6 Å². The molecule has 12 N–H and O–H groups in total. The zero-order valence-electron chi connectivity index (χ0n) is 15.1. The van der Waals surface area contributed by atoms with Gasteiger partial charge in [0.05, 0.1) is 0 Å². The second-order valence-corrected chi connectivity index (χ2v) is 5.44. The molecule has 0 atom stereocenters. The number of guanidine groups is 4. The number of nitrogens with zero attached hydrogens (tertiary/aromatic N) is 2. The minimum Gasteiger partial charge on any atom is -0.370 e. The largest absolute Gasteiger partial charge is 0.370 e. The van der Waals surface area contributed by atoms with E-state index in [-0.39, 0.29) is 48.7 Å². The summed E-state index contributed by atoms with van der Waals surface area (Å²) in [5, 5.41) is 18.9. The number of rotatable bonds is 11. The molecule has 12 heteroatoms. The molecule has 0 saturated heterocycles. The molecule has 0 saturated carbocycles. The number of hydrogen-bond donors (Lipinski definition) is 8. The van der Waals surface area contributed by atoms with Crippen LogP contribution in [0.2, 0.25) is 0 Å². The van der Waals surface area contributed by atoms with Crippen LogP contribution in [0, 0.1) is 10.8 Å². The molecule has 0 aliphatic heterocycles. The van der Waals surface area contributed by atoms with Crippen LogP contribution in [0.4, 0.5) is 0 Å². The van der Waals surface area contributed by atoms with Crippen LogP contribution in [0.5, 0.6) is 0 Å². The summed E-state index contributed by atoms with van der Waals surface area (Å²) in [5.74, 6) is 0.00748. The summed E-state index contributed by atoms with van der Waals surface area (Å²) in [5.41, 5.74) is 21.3. The number of unbranched alkanes of at least 4 members (excludes halogenated alkanes) is 7. The first-order chi connectivity index (χ1) is 11.4. The zero-order chi connectivity index (χ0) is 18.2. The van der Waals surface area contributed by atoms with Crippen LogP contribution in [0.25, 0.3) is 0 Å². The monoisotopic (exact) mass is 412 g/mol. The Hall–Kier alpha value is -1.94. The maximum Gasteiger partial charge on any atom is 0.195 e. The quantitative estimate of drug-likeness (QED) is 0.138. The van der Waals surface area contributed by atoms with E-state index in [0.717, 1.165) is 25.7 Å². The molecule has 0 amide bonds. The molecule has 26 heavy (non-hydrogen) atoms. The number of hydrogen-bond acceptors (Lipinski definition) is 4. The van der Waals surface area contributed by atoms with Gasteiger partial charge in [0.15, 0.2) is 23.8 Å². The van der Waals surface area contributed by atoms with Gasteiger partial charge in [-0.2, -0.15) is 0 Å². The molecule has 0 unspecified atom stereocenters. The number of aliphatic imine (C=N–C) groups is 2. The van der Waals surface area contributed by atoms with Gasteiger partial charge in [0.2, 0.25) is 0 Å². The molecule has 0 aromatic carbocycles. The van der Waals surface area contributed by atoms with Crippen LogP contribution in [-0.2, 0) is 0 Å². The first-order valence-corrected chi connectivity index (χ1v) is 8.23. The number of nitrogens with two attached hydrogens (primary N) is 4. The molecule has 0 heterocycles. The lowest BCUT2D eigenvalue weighted by Gasteiger charge is -2.03. The number of halogens is 2. The Kier molecular flexibility index (Phi) is 21.5.